The predicted molar refractivity (Wildman–Crippen MR) is 104 cm³/mol. The number of carbonyl (C=O) groups excluding carboxylic acids is 2. The molecule has 29 heavy (non-hydrogen) atoms. The summed E-state index contributed by atoms with van der Waals surface area (Å²) >= 11 is 0. The van der Waals surface area contributed by atoms with Crippen molar-refractivity contribution in [2.75, 3.05) is 26.3 Å². The molecule has 2 unspecified atom stereocenters. The maximum atomic E-state index is 12.4. The molecule has 2 N–H and O–H groups in total. The van der Waals surface area contributed by atoms with Gasteiger partial charge in [-0.1, -0.05) is 6.07 Å². The lowest BCUT2D eigenvalue weighted by atomic mass is 10.2. The summed E-state index contributed by atoms with van der Waals surface area (Å²) in [5, 5.41) is 5.72. The number of fused-ring (bicyclic) bond motifs is 1. The van der Waals surface area contributed by atoms with Crippen LogP contribution in [-0.4, -0.2) is 32.8 Å². The van der Waals surface area contributed by atoms with Gasteiger partial charge in [0.15, 0.2) is 23.0 Å². The third kappa shape index (κ3) is 4.06. The highest BCUT2D eigenvalue weighted by Gasteiger charge is 2.48. The zero-order valence-corrected chi connectivity index (χ0v) is 16.2. The second kappa shape index (κ2) is 7.90. The maximum absolute atomic E-state index is 12.4. The van der Waals surface area contributed by atoms with Crippen LogP contribution in [0.5, 0.6) is 23.0 Å². The minimum Gasteiger partial charge on any atom is -0.493 e. The van der Waals surface area contributed by atoms with Crippen LogP contribution < -0.4 is 29.6 Å². The molecule has 1 fully saturated rings. The van der Waals surface area contributed by atoms with Crippen LogP contribution in [0.4, 0.5) is 5.69 Å². The Hall–Kier alpha value is -3.42. The van der Waals surface area contributed by atoms with E-state index >= 15 is 0 Å². The van der Waals surface area contributed by atoms with Crippen molar-refractivity contribution in [1.82, 2.24) is 5.32 Å². The summed E-state index contributed by atoms with van der Waals surface area (Å²) in [4.78, 5) is 24.8. The van der Waals surface area contributed by atoms with Crippen molar-refractivity contribution >= 4 is 17.5 Å². The average Bonchev–Trinajstić information content (AvgIpc) is 3.42. The van der Waals surface area contributed by atoms with E-state index in [0.717, 1.165) is 5.56 Å². The largest absolute Gasteiger partial charge is 0.493 e. The van der Waals surface area contributed by atoms with Gasteiger partial charge in [-0.15, -0.1) is 0 Å². The van der Waals surface area contributed by atoms with Gasteiger partial charge in [0, 0.05) is 18.3 Å². The van der Waals surface area contributed by atoms with Crippen molar-refractivity contribution in [2.24, 2.45) is 11.8 Å². The third-order valence-corrected chi connectivity index (χ3v) is 5.02. The Kier molecular flexibility index (Phi) is 5.16. The number of ether oxygens (including phenoxy) is 4. The molecule has 8 nitrogen and oxygen atoms in total. The van der Waals surface area contributed by atoms with E-state index in [-0.39, 0.29) is 30.4 Å². The molecule has 0 spiro atoms. The van der Waals surface area contributed by atoms with Crippen LogP contribution in [0.25, 0.3) is 0 Å². The number of hydrogen-bond acceptors (Lipinski definition) is 6. The summed E-state index contributed by atoms with van der Waals surface area (Å²) < 4.78 is 21.0. The molecule has 2 aromatic carbocycles. The highest BCUT2D eigenvalue weighted by molar-refractivity contribution is 5.99. The van der Waals surface area contributed by atoms with E-state index < -0.39 is 0 Å². The number of methoxy groups -OCH3 is 2. The van der Waals surface area contributed by atoms with E-state index in [1.807, 2.05) is 12.1 Å². The Labute approximate surface area is 168 Å². The van der Waals surface area contributed by atoms with Crippen molar-refractivity contribution < 1.29 is 28.5 Å². The molecule has 2 amide bonds. The van der Waals surface area contributed by atoms with E-state index in [2.05, 4.69) is 10.6 Å². The molecule has 1 heterocycles. The number of benzene rings is 2. The molecule has 1 aliphatic heterocycles. The van der Waals surface area contributed by atoms with Crippen LogP contribution in [0.1, 0.15) is 12.0 Å². The van der Waals surface area contributed by atoms with Crippen LogP contribution in [0, 0.1) is 11.8 Å². The summed E-state index contributed by atoms with van der Waals surface area (Å²) in [6, 6.07) is 10.7. The van der Waals surface area contributed by atoms with Gasteiger partial charge in [-0.05, 0) is 36.2 Å². The Bertz CT molecular complexity index is 945. The molecule has 0 saturated heterocycles. The minimum atomic E-state index is -0.328. The minimum absolute atomic E-state index is 0.134. The highest BCUT2D eigenvalue weighted by Crippen LogP contribution is 2.40. The molecule has 0 aromatic heterocycles. The van der Waals surface area contributed by atoms with Crippen LogP contribution in [0.2, 0.25) is 0 Å². The number of carbonyl (C=O) groups is 2. The average molecular weight is 398 g/mol. The molecule has 2 aromatic rings. The highest BCUT2D eigenvalue weighted by atomic mass is 16.7. The van der Waals surface area contributed by atoms with Gasteiger partial charge >= 0.3 is 0 Å². The molecule has 2 atom stereocenters. The van der Waals surface area contributed by atoms with Crippen molar-refractivity contribution in [3.8, 4) is 23.0 Å². The summed E-state index contributed by atoms with van der Waals surface area (Å²) in [6.07, 6.45) is 0.536. The zero-order chi connectivity index (χ0) is 20.4. The molecule has 1 aliphatic carbocycles. The van der Waals surface area contributed by atoms with Gasteiger partial charge < -0.3 is 29.6 Å². The van der Waals surface area contributed by atoms with E-state index in [9.17, 15) is 9.59 Å². The van der Waals surface area contributed by atoms with E-state index in [4.69, 9.17) is 18.9 Å². The molecule has 0 radical (unpaired) electrons. The van der Waals surface area contributed by atoms with Gasteiger partial charge in [0.2, 0.25) is 18.6 Å². The first-order valence-electron chi connectivity index (χ1n) is 9.28. The lowest BCUT2D eigenvalue weighted by Crippen LogP contribution is -2.27. The summed E-state index contributed by atoms with van der Waals surface area (Å²) in [5.41, 5.74) is 1.51. The smallest absolute Gasteiger partial charge is 0.231 e. The normalized spacial score (nSPS) is 18.7. The lowest BCUT2D eigenvalue weighted by molar-refractivity contribution is -0.125. The fourth-order valence-corrected chi connectivity index (χ4v) is 3.29. The third-order valence-electron chi connectivity index (χ3n) is 5.02. The molecule has 8 heteroatoms. The second-order valence-electron chi connectivity index (χ2n) is 6.91. The number of anilines is 1. The maximum Gasteiger partial charge on any atom is 0.231 e. The van der Waals surface area contributed by atoms with Crippen molar-refractivity contribution in [2.45, 2.75) is 13.0 Å². The van der Waals surface area contributed by atoms with Gasteiger partial charge in [-0.3, -0.25) is 9.59 Å². The fourth-order valence-electron chi connectivity index (χ4n) is 3.29. The fraction of sp³-hybridized carbons (Fsp3) is 0.333. The Balaban J connectivity index is 1.28. The van der Waals surface area contributed by atoms with Crippen molar-refractivity contribution in [1.29, 1.82) is 0 Å². The van der Waals surface area contributed by atoms with Gasteiger partial charge in [0.25, 0.3) is 0 Å². The predicted octanol–water partition coefficient (Wildman–Crippen LogP) is 2.32. The van der Waals surface area contributed by atoms with Crippen LogP contribution in [-0.2, 0) is 16.1 Å². The van der Waals surface area contributed by atoms with Gasteiger partial charge in [0.1, 0.15) is 0 Å². The molecule has 0 bridgehead atoms. The SMILES string of the molecule is COc1ccc(CNC(=O)C2CC2C(=O)Nc2ccc3c(c2)OCO3)cc1OC. The Morgan fingerprint density at radius 3 is 2.52 bits per heavy atom. The lowest BCUT2D eigenvalue weighted by Gasteiger charge is -2.10. The molecular formula is C21H22N2O6. The van der Waals surface area contributed by atoms with E-state index in [0.29, 0.717) is 41.7 Å². The monoisotopic (exact) mass is 398 g/mol. The van der Waals surface area contributed by atoms with Crippen LogP contribution in [0.15, 0.2) is 36.4 Å². The standard InChI is InChI=1S/C21H22N2O6/c1-26-16-5-3-12(7-18(16)27-2)10-22-20(24)14-9-15(14)21(25)23-13-4-6-17-19(8-13)29-11-28-17/h3-8,14-15H,9-11H2,1-2H3,(H,22,24)(H,23,25). The van der Waals surface area contributed by atoms with Gasteiger partial charge in [-0.2, -0.15) is 0 Å². The molecular weight excluding hydrogens is 376 g/mol. The summed E-state index contributed by atoms with van der Waals surface area (Å²) in [5.74, 6) is 1.54. The first-order chi connectivity index (χ1) is 14.1. The van der Waals surface area contributed by atoms with Gasteiger partial charge in [0.05, 0.1) is 26.1 Å². The Morgan fingerprint density at radius 2 is 1.72 bits per heavy atom. The topological polar surface area (TPSA) is 95.1 Å². The number of nitrogens with one attached hydrogen (secondary N) is 2. The first kappa shape index (κ1) is 18.9. The second-order valence-corrected chi connectivity index (χ2v) is 6.91. The Morgan fingerprint density at radius 1 is 0.966 bits per heavy atom. The van der Waals surface area contributed by atoms with E-state index in [1.54, 1.807) is 38.5 Å². The van der Waals surface area contributed by atoms with Crippen LogP contribution >= 0.6 is 0 Å². The molecule has 152 valence electrons. The summed E-state index contributed by atoms with van der Waals surface area (Å²) in [6.45, 7) is 0.532. The number of amides is 2. The molecule has 2 aliphatic rings. The van der Waals surface area contributed by atoms with Crippen molar-refractivity contribution in [3.05, 3.63) is 42.0 Å². The van der Waals surface area contributed by atoms with Crippen molar-refractivity contribution in [3.63, 3.8) is 0 Å². The summed E-state index contributed by atoms with van der Waals surface area (Å²) in [7, 11) is 3.13. The first-order valence-corrected chi connectivity index (χ1v) is 9.28. The molecule has 4 rings (SSSR count). The zero-order valence-electron chi connectivity index (χ0n) is 16.2. The number of hydrogen-bond donors (Lipinski definition) is 2. The number of rotatable bonds is 7. The quantitative estimate of drug-likeness (QED) is 0.743. The molecule has 1 saturated carbocycles. The van der Waals surface area contributed by atoms with Crippen LogP contribution in [0.3, 0.4) is 0 Å². The van der Waals surface area contributed by atoms with E-state index in [1.165, 1.54) is 0 Å². The van der Waals surface area contributed by atoms with Gasteiger partial charge in [-0.25, -0.2) is 0 Å².